The summed E-state index contributed by atoms with van der Waals surface area (Å²) in [5, 5.41) is 10.2. The van der Waals surface area contributed by atoms with Crippen LogP contribution in [0.15, 0.2) is 28.7 Å². The second-order valence-corrected chi connectivity index (χ2v) is 6.31. The summed E-state index contributed by atoms with van der Waals surface area (Å²) in [4.78, 5) is 8.69. The van der Waals surface area contributed by atoms with Crippen LogP contribution in [0.25, 0.3) is 10.6 Å². The van der Waals surface area contributed by atoms with Crippen molar-refractivity contribution in [1.29, 1.82) is 0 Å². The highest BCUT2D eigenvalue weighted by Crippen LogP contribution is 2.34. The molecule has 0 unspecified atom stereocenters. The van der Waals surface area contributed by atoms with Gasteiger partial charge in [-0.05, 0) is 18.2 Å². The first-order chi connectivity index (χ1) is 11.2. The Balaban J connectivity index is 1.73. The molecule has 0 radical (unpaired) electrons. The number of anilines is 1. The minimum absolute atomic E-state index is 0.316. The summed E-state index contributed by atoms with van der Waals surface area (Å²) in [7, 11) is 3.24. The second kappa shape index (κ2) is 6.88. The first-order valence-electron chi connectivity index (χ1n) is 6.67. The van der Waals surface area contributed by atoms with Gasteiger partial charge < -0.3 is 15.2 Å². The van der Waals surface area contributed by atoms with Gasteiger partial charge in [0, 0.05) is 16.7 Å². The number of H-pyrrole nitrogens is 1. The van der Waals surface area contributed by atoms with Gasteiger partial charge in [0.05, 0.1) is 19.9 Å². The number of nitrogens with two attached hydrogens (primary N) is 1. The van der Waals surface area contributed by atoms with E-state index in [2.05, 4.69) is 20.2 Å². The van der Waals surface area contributed by atoms with E-state index in [1.165, 1.54) is 11.8 Å². The predicted octanol–water partition coefficient (Wildman–Crippen LogP) is 2.82. The summed E-state index contributed by atoms with van der Waals surface area (Å²) >= 11 is 3.06. The van der Waals surface area contributed by atoms with Crippen LogP contribution in [0.4, 0.5) is 5.95 Å². The zero-order valence-corrected chi connectivity index (χ0v) is 14.2. The number of nitrogens with zero attached hydrogens (tertiary/aromatic N) is 3. The average molecular weight is 349 g/mol. The summed E-state index contributed by atoms with van der Waals surface area (Å²) in [6, 6.07) is 5.76. The van der Waals surface area contributed by atoms with E-state index in [0.29, 0.717) is 28.4 Å². The molecule has 7 nitrogen and oxygen atoms in total. The van der Waals surface area contributed by atoms with Gasteiger partial charge in [-0.25, -0.2) is 10.1 Å². The van der Waals surface area contributed by atoms with E-state index in [0.717, 1.165) is 16.3 Å². The van der Waals surface area contributed by atoms with E-state index in [4.69, 9.17) is 15.2 Å². The van der Waals surface area contributed by atoms with Gasteiger partial charge in [0.15, 0.2) is 11.5 Å². The van der Waals surface area contributed by atoms with Gasteiger partial charge in [0.25, 0.3) is 0 Å². The summed E-state index contributed by atoms with van der Waals surface area (Å²) in [6.45, 7) is 0. The van der Waals surface area contributed by atoms with Gasteiger partial charge in [0.1, 0.15) is 5.01 Å². The lowest BCUT2D eigenvalue weighted by Crippen LogP contribution is -1.91. The van der Waals surface area contributed by atoms with Gasteiger partial charge in [-0.3, -0.25) is 0 Å². The molecule has 1 aromatic carbocycles. The molecule has 0 aliphatic heterocycles. The van der Waals surface area contributed by atoms with Crippen LogP contribution in [0.1, 0.15) is 5.69 Å². The molecule has 0 saturated carbocycles. The molecule has 0 bridgehead atoms. The van der Waals surface area contributed by atoms with Crippen molar-refractivity contribution in [3.05, 3.63) is 29.3 Å². The molecule has 3 N–H and O–H groups in total. The van der Waals surface area contributed by atoms with Crippen LogP contribution in [0.5, 0.6) is 11.5 Å². The monoisotopic (exact) mass is 349 g/mol. The Labute approximate surface area is 141 Å². The Bertz CT molecular complexity index is 802. The summed E-state index contributed by atoms with van der Waals surface area (Å²) < 4.78 is 10.6. The van der Waals surface area contributed by atoms with E-state index in [-0.39, 0.29) is 0 Å². The van der Waals surface area contributed by atoms with Crippen molar-refractivity contribution in [3.8, 4) is 22.1 Å². The number of thiazole rings is 1. The number of hydrogen-bond acceptors (Lipinski definition) is 8. The topological polar surface area (TPSA) is 98.9 Å². The van der Waals surface area contributed by atoms with Crippen LogP contribution < -0.4 is 15.2 Å². The molecule has 2 aromatic heterocycles. The van der Waals surface area contributed by atoms with Crippen molar-refractivity contribution < 1.29 is 9.47 Å². The zero-order valence-electron chi connectivity index (χ0n) is 12.6. The Morgan fingerprint density at radius 2 is 2.04 bits per heavy atom. The predicted molar refractivity (Wildman–Crippen MR) is 91.0 cm³/mol. The van der Waals surface area contributed by atoms with Crippen LogP contribution in [-0.2, 0) is 5.75 Å². The van der Waals surface area contributed by atoms with E-state index in [1.807, 2.05) is 23.6 Å². The highest BCUT2D eigenvalue weighted by molar-refractivity contribution is 7.98. The number of rotatable bonds is 6. The number of thioether (sulfide) groups is 1. The third-order valence-corrected chi connectivity index (χ3v) is 4.83. The maximum Gasteiger partial charge on any atom is 0.216 e. The quantitative estimate of drug-likeness (QED) is 0.660. The van der Waals surface area contributed by atoms with Crippen LogP contribution in [0.2, 0.25) is 0 Å². The van der Waals surface area contributed by atoms with Crippen LogP contribution in [0.3, 0.4) is 0 Å². The molecule has 0 aliphatic rings. The second-order valence-electron chi connectivity index (χ2n) is 4.51. The number of ether oxygens (including phenoxy) is 2. The molecule has 0 spiro atoms. The largest absolute Gasteiger partial charge is 0.493 e. The van der Waals surface area contributed by atoms with Crippen molar-refractivity contribution in [3.63, 3.8) is 0 Å². The molecular weight excluding hydrogens is 334 g/mol. The highest BCUT2D eigenvalue weighted by Gasteiger charge is 2.10. The number of nitrogens with one attached hydrogen (secondary N) is 1. The first-order valence-corrected chi connectivity index (χ1v) is 8.53. The minimum Gasteiger partial charge on any atom is -0.493 e. The molecule has 0 atom stereocenters. The molecule has 3 aromatic rings. The fourth-order valence-electron chi connectivity index (χ4n) is 1.94. The SMILES string of the molecule is COc1ccc(-c2nc(CSc3n[nH]c(N)n3)cs2)cc1OC. The standard InChI is InChI=1S/C14H15N5O2S2/c1-20-10-4-3-8(5-11(10)21-2)12-16-9(6-22-12)7-23-14-17-13(15)18-19-14/h3-6H,7H2,1-2H3,(H3,15,17,18,19). The first kappa shape index (κ1) is 15.6. The summed E-state index contributed by atoms with van der Waals surface area (Å²) in [6.07, 6.45) is 0. The van der Waals surface area contributed by atoms with Crippen LogP contribution in [-0.4, -0.2) is 34.4 Å². The Kier molecular flexibility index (Phi) is 4.68. The van der Waals surface area contributed by atoms with Crippen LogP contribution >= 0.6 is 23.1 Å². The molecule has 0 amide bonds. The minimum atomic E-state index is 0.316. The highest BCUT2D eigenvalue weighted by atomic mass is 32.2. The van der Waals surface area contributed by atoms with Crippen molar-refractivity contribution in [2.75, 3.05) is 20.0 Å². The molecule has 0 saturated heterocycles. The maximum absolute atomic E-state index is 5.50. The normalized spacial score (nSPS) is 10.7. The molecule has 3 rings (SSSR count). The summed E-state index contributed by atoms with van der Waals surface area (Å²) in [5.74, 6) is 2.39. The zero-order chi connectivity index (χ0) is 16.2. The average Bonchev–Trinajstić information content (AvgIpc) is 3.21. The molecule has 9 heteroatoms. The molecule has 120 valence electrons. The van der Waals surface area contributed by atoms with Crippen molar-refractivity contribution in [2.24, 2.45) is 0 Å². The lowest BCUT2D eigenvalue weighted by atomic mass is 10.2. The van der Waals surface area contributed by atoms with Gasteiger partial charge in [0.2, 0.25) is 11.1 Å². The van der Waals surface area contributed by atoms with Crippen molar-refractivity contribution in [1.82, 2.24) is 20.2 Å². The van der Waals surface area contributed by atoms with Crippen molar-refractivity contribution >= 4 is 29.0 Å². The molecule has 0 fully saturated rings. The number of aromatic nitrogens is 4. The molecule has 2 heterocycles. The molecular formula is C14H15N5O2S2. The van der Waals surface area contributed by atoms with Gasteiger partial charge in [-0.1, -0.05) is 11.8 Å². The third kappa shape index (κ3) is 3.57. The third-order valence-electron chi connectivity index (χ3n) is 3.01. The molecule has 0 aliphatic carbocycles. The number of benzene rings is 1. The maximum atomic E-state index is 5.50. The van der Waals surface area contributed by atoms with Gasteiger partial charge >= 0.3 is 0 Å². The Morgan fingerprint density at radius 1 is 1.22 bits per heavy atom. The molecule has 23 heavy (non-hydrogen) atoms. The fourth-order valence-corrected chi connectivity index (χ4v) is 3.56. The summed E-state index contributed by atoms with van der Waals surface area (Å²) in [5.41, 5.74) is 7.46. The fraction of sp³-hybridized carbons (Fsp3) is 0.214. The Hall–Kier alpha value is -2.26. The Morgan fingerprint density at radius 3 is 2.74 bits per heavy atom. The smallest absolute Gasteiger partial charge is 0.216 e. The van der Waals surface area contributed by atoms with E-state index >= 15 is 0 Å². The van der Waals surface area contributed by atoms with E-state index in [9.17, 15) is 0 Å². The van der Waals surface area contributed by atoms with Gasteiger partial charge in [-0.15, -0.1) is 16.4 Å². The van der Waals surface area contributed by atoms with E-state index in [1.54, 1.807) is 25.6 Å². The number of aromatic amines is 1. The lowest BCUT2D eigenvalue weighted by molar-refractivity contribution is 0.355. The van der Waals surface area contributed by atoms with Gasteiger partial charge in [-0.2, -0.15) is 4.98 Å². The van der Waals surface area contributed by atoms with Crippen LogP contribution in [0, 0.1) is 0 Å². The lowest BCUT2D eigenvalue weighted by Gasteiger charge is -2.08. The number of hydrogen-bond donors (Lipinski definition) is 2. The van der Waals surface area contributed by atoms with E-state index < -0.39 is 0 Å². The van der Waals surface area contributed by atoms with Crippen molar-refractivity contribution in [2.45, 2.75) is 10.9 Å². The number of methoxy groups -OCH3 is 2. The number of nitrogen functional groups attached to an aromatic ring is 1.